The van der Waals surface area contributed by atoms with Gasteiger partial charge in [0.1, 0.15) is 5.82 Å². The second-order valence-electron chi connectivity index (χ2n) is 10.9. The van der Waals surface area contributed by atoms with Gasteiger partial charge in [-0.15, -0.1) is 0 Å². The van der Waals surface area contributed by atoms with Gasteiger partial charge in [0.05, 0.1) is 29.7 Å². The molecule has 172 valence electrons. The van der Waals surface area contributed by atoms with Crippen LogP contribution < -0.4 is 0 Å². The van der Waals surface area contributed by atoms with Crippen molar-refractivity contribution in [1.29, 1.82) is 0 Å². The Balaban J connectivity index is 1.94. The van der Waals surface area contributed by atoms with E-state index in [-0.39, 0.29) is 11.0 Å². The molecule has 0 amide bonds. The fourth-order valence-corrected chi connectivity index (χ4v) is 4.96. The number of aromatic nitrogens is 2. The Labute approximate surface area is 189 Å². The predicted octanol–water partition coefficient (Wildman–Crippen LogP) is 5.17. The minimum atomic E-state index is -1.94. The normalized spacial score (nSPS) is 21.6. The van der Waals surface area contributed by atoms with Gasteiger partial charge in [-0.05, 0) is 51.0 Å². The zero-order valence-electron chi connectivity index (χ0n) is 20.6. The summed E-state index contributed by atoms with van der Waals surface area (Å²) in [6.07, 6.45) is 1.68. The van der Waals surface area contributed by atoms with E-state index in [0.717, 1.165) is 36.5 Å². The first-order valence-electron chi connectivity index (χ1n) is 11.6. The fraction of sp³-hybridized carbons (Fsp3) is 0.640. The molecule has 3 atom stereocenters. The molecule has 1 aliphatic rings. The highest BCUT2D eigenvalue weighted by Crippen LogP contribution is 2.37. The summed E-state index contributed by atoms with van der Waals surface area (Å²) >= 11 is 0. The number of benzene rings is 1. The molecule has 0 bridgehead atoms. The van der Waals surface area contributed by atoms with Crippen LogP contribution in [0.1, 0.15) is 53.3 Å². The molecule has 0 fully saturated rings. The van der Waals surface area contributed by atoms with Gasteiger partial charge in [-0.25, -0.2) is 4.98 Å². The molecule has 0 saturated carbocycles. The Bertz CT molecular complexity index is 924. The summed E-state index contributed by atoms with van der Waals surface area (Å²) in [4.78, 5) is 7.46. The molecule has 3 rings (SSSR count). The molecule has 0 radical (unpaired) electrons. The van der Waals surface area contributed by atoms with Crippen molar-refractivity contribution in [3.05, 3.63) is 41.7 Å². The van der Waals surface area contributed by atoms with Crippen LogP contribution in [0.15, 0.2) is 35.9 Å². The molecule has 0 spiro atoms. The third-order valence-electron chi connectivity index (χ3n) is 7.14. The Morgan fingerprint density at radius 2 is 1.94 bits per heavy atom. The molecule has 6 heteroatoms. The van der Waals surface area contributed by atoms with Gasteiger partial charge in [-0.2, -0.15) is 0 Å². The Morgan fingerprint density at radius 1 is 1.26 bits per heavy atom. The predicted molar refractivity (Wildman–Crippen MR) is 132 cm³/mol. The van der Waals surface area contributed by atoms with Crippen LogP contribution in [0, 0.1) is 0 Å². The molecule has 2 heterocycles. The van der Waals surface area contributed by atoms with Crippen LogP contribution >= 0.6 is 0 Å². The number of rotatable bonds is 6. The molecular weight excluding hydrogens is 402 g/mol. The number of imidazole rings is 1. The Morgan fingerprint density at radius 3 is 2.58 bits per heavy atom. The Hall–Kier alpha value is -1.47. The van der Waals surface area contributed by atoms with Crippen LogP contribution in [0.25, 0.3) is 11.0 Å². The van der Waals surface area contributed by atoms with Crippen molar-refractivity contribution in [3.63, 3.8) is 0 Å². The Kier molecular flexibility index (Phi) is 7.16. The zero-order chi connectivity index (χ0) is 23.0. The first kappa shape index (κ1) is 24.2. The molecule has 0 aliphatic carbocycles. The largest absolute Gasteiger partial charge is 0.414 e. The first-order chi connectivity index (χ1) is 14.4. The van der Waals surface area contributed by atoms with Crippen molar-refractivity contribution < 1.29 is 9.53 Å². The van der Waals surface area contributed by atoms with Gasteiger partial charge in [0.25, 0.3) is 0 Å². The highest BCUT2D eigenvalue weighted by atomic mass is 28.4. The summed E-state index contributed by atoms with van der Waals surface area (Å²) in [6, 6.07) is 8.66. The van der Waals surface area contributed by atoms with E-state index in [1.54, 1.807) is 0 Å². The summed E-state index contributed by atoms with van der Waals surface area (Å²) in [5, 5.41) is 11.5. The molecule has 5 nitrogen and oxygen atoms in total. The number of aliphatic hydroxyl groups excluding tert-OH is 1. The van der Waals surface area contributed by atoms with Crippen molar-refractivity contribution in [2.75, 3.05) is 19.7 Å². The maximum atomic E-state index is 11.4. The maximum Gasteiger partial charge on any atom is 0.192 e. The molecule has 1 aliphatic heterocycles. The van der Waals surface area contributed by atoms with Crippen LogP contribution in [0.2, 0.25) is 18.1 Å². The van der Waals surface area contributed by atoms with Crippen LogP contribution in [0.5, 0.6) is 0 Å². The lowest BCUT2D eigenvalue weighted by molar-refractivity contribution is 0.0609. The molecule has 3 unspecified atom stereocenters. The van der Waals surface area contributed by atoms with E-state index in [1.807, 2.05) is 6.07 Å². The number of aliphatic hydroxyl groups is 1. The smallest absolute Gasteiger partial charge is 0.192 e. The van der Waals surface area contributed by atoms with E-state index in [4.69, 9.17) is 9.41 Å². The average Bonchev–Trinajstić information content (AvgIpc) is 2.96. The van der Waals surface area contributed by atoms with Crippen LogP contribution in [0.4, 0.5) is 0 Å². The van der Waals surface area contributed by atoms with E-state index in [2.05, 4.69) is 88.4 Å². The van der Waals surface area contributed by atoms with Gasteiger partial charge in [-0.3, -0.25) is 4.90 Å². The van der Waals surface area contributed by atoms with Gasteiger partial charge < -0.3 is 14.1 Å². The number of hydrogen-bond acceptors (Lipinski definition) is 4. The van der Waals surface area contributed by atoms with Crippen molar-refractivity contribution in [2.45, 2.75) is 84.3 Å². The highest BCUT2D eigenvalue weighted by molar-refractivity contribution is 6.74. The SMILES string of the molecule is CC(C)=CCN1CC(C(O)CO[Si](C)(C)C(C)(C)C)c2nc3ccccc3n2CC1C. The van der Waals surface area contributed by atoms with Crippen LogP contribution in [-0.2, 0) is 11.0 Å². The minimum absolute atomic E-state index is 0.0901. The third kappa shape index (κ3) is 5.30. The van der Waals surface area contributed by atoms with Crippen molar-refractivity contribution in [3.8, 4) is 0 Å². The number of fused-ring (bicyclic) bond motifs is 3. The molecule has 2 aromatic rings. The molecule has 0 saturated heterocycles. The molecular formula is C25H41N3O2Si. The van der Waals surface area contributed by atoms with Gasteiger partial charge in [0.2, 0.25) is 0 Å². The van der Waals surface area contributed by atoms with Crippen molar-refractivity contribution >= 4 is 19.4 Å². The lowest BCUT2D eigenvalue weighted by Crippen LogP contribution is -2.45. The van der Waals surface area contributed by atoms with Crippen molar-refractivity contribution in [1.82, 2.24) is 14.5 Å². The van der Waals surface area contributed by atoms with Crippen LogP contribution in [0.3, 0.4) is 0 Å². The van der Waals surface area contributed by atoms with Gasteiger partial charge >= 0.3 is 0 Å². The van der Waals surface area contributed by atoms with Gasteiger partial charge in [-0.1, -0.05) is 44.6 Å². The molecule has 1 aromatic heterocycles. The van der Waals surface area contributed by atoms with E-state index in [0.29, 0.717) is 12.6 Å². The second kappa shape index (κ2) is 9.18. The fourth-order valence-electron chi connectivity index (χ4n) is 3.94. The first-order valence-corrected chi connectivity index (χ1v) is 14.5. The topological polar surface area (TPSA) is 50.5 Å². The summed E-state index contributed by atoms with van der Waals surface area (Å²) in [5.74, 6) is 0.895. The minimum Gasteiger partial charge on any atom is -0.414 e. The molecule has 31 heavy (non-hydrogen) atoms. The summed E-state index contributed by atoms with van der Waals surface area (Å²) in [6.45, 7) is 20.6. The number of para-hydroxylation sites is 2. The zero-order valence-corrected chi connectivity index (χ0v) is 21.6. The van der Waals surface area contributed by atoms with Gasteiger partial charge in [0.15, 0.2) is 8.32 Å². The maximum absolute atomic E-state index is 11.4. The lowest BCUT2D eigenvalue weighted by atomic mass is 10.0. The summed E-state index contributed by atoms with van der Waals surface area (Å²) in [5.41, 5.74) is 3.47. The highest BCUT2D eigenvalue weighted by Gasteiger charge is 2.39. The number of allylic oxidation sites excluding steroid dienone is 1. The standard InChI is InChI=1S/C25H41N3O2Si/c1-18(2)13-14-27-16-20(23(29)17-30-31(7,8)25(4,5)6)24-26-21-11-9-10-12-22(21)28(24)15-19(27)3/h9-13,19-20,23,29H,14-17H2,1-8H3. The summed E-state index contributed by atoms with van der Waals surface area (Å²) < 4.78 is 8.74. The van der Waals surface area contributed by atoms with Crippen molar-refractivity contribution in [2.24, 2.45) is 0 Å². The monoisotopic (exact) mass is 443 g/mol. The third-order valence-corrected chi connectivity index (χ3v) is 11.6. The summed E-state index contributed by atoms with van der Waals surface area (Å²) in [7, 11) is -1.94. The van der Waals surface area contributed by atoms with E-state index in [1.165, 1.54) is 5.57 Å². The van der Waals surface area contributed by atoms with Gasteiger partial charge in [0, 0.05) is 25.7 Å². The molecule has 1 N–H and O–H groups in total. The second-order valence-corrected chi connectivity index (χ2v) is 15.7. The van der Waals surface area contributed by atoms with E-state index >= 15 is 0 Å². The van der Waals surface area contributed by atoms with Crippen LogP contribution in [-0.4, -0.2) is 59.7 Å². The average molecular weight is 444 g/mol. The van der Waals surface area contributed by atoms with E-state index < -0.39 is 14.4 Å². The number of hydrogen-bond donors (Lipinski definition) is 1. The number of nitrogens with zero attached hydrogens (tertiary/aromatic N) is 3. The van der Waals surface area contributed by atoms with E-state index in [9.17, 15) is 5.11 Å². The quantitative estimate of drug-likeness (QED) is 0.494. The molecule has 1 aromatic carbocycles. The lowest BCUT2D eigenvalue weighted by Gasteiger charge is -2.37.